The summed E-state index contributed by atoms with van der Waals surface area (Å²) in [5.41, 5.74) is 7.16. The molecule has 2 aromatic carbocycles. The fourth-order valence-electron chi connectivity index (χ4n) is 3.93. The van der Waals surface area contributed by atoms with Crippen LogP contribution in [0.4, 0.5) is 5.69 Å². The van der Waals surface area contributed by atoms with Crippen molar-refractivity contribution in [1.82, 2.24) is 10.3 Å². The van der Waals surface area contributed by atoms with Gasteiger partial charge in [-0.1, -0.05) is 48.2 Å². The summed E-state index contributed by atoms with van der Waals surface area (Å²) < 4.78 is 0. The highest BCUT2D eigenvalue weighted by Gasteiger charge is 2.24. The maximum Gasteiger partial charge on any atom is 0.269 e. The fraction of sp³-hybridized carbons (Fsp3) is 0.185. The monoisotopic (exact) mass is 470 g/mol. The van der Waals surface area contributed by atoms with Gasteiger partial charge in [-0.15, -0.1) is 0 Å². The number of carbonyl (C=O) groups excluding carboxylic acids is 2. The topological polar surface area (TPSA) is 74.7 Å². The minimum absolute atomic E-state index is 0.000406. The van der Waals surface area contributed by atoms with Gasteiger partial charge in [0.1, 0.15) is 12.0 Å². The first-order valence-corrected chi connectivity index (χ1v) is 11.8. The molecule has 0 spiro atoms. The maximum absolute atomic E-state index is 11.7. The normalized spacial score (nSPS) is 14.2. The zero-order valence-corrected chi connectivity index (χ0v) is 20.4. The van der Waals surface area contributed by atoms with Gasteiger partial charge >= 0.3 is 0 Å². The van der Waals surface area contributed by atoms with E-state index in [0.717, 1.165) is 21.8 Å². The number of hydrazone groups is 1. The molecule has 6 nitrogen and oxygen atoms in total. The standard InChI is InChI=1S/C27H26N4O2S/c1-16-6-8-21(9-7-16)27(34-25-11-10-22(14-28-25)19(4)32)26-17(2)12-23(13-18(26)3)31-20(5)30-24(33)15-29-31/h6-15,27H,5H2,1-4H3,(H,30,33). The number of anilines is 1. The third kappa shape index (κ3) is 4.94. The summed E-state index contributed by atoms with van der Waals surface area (Å²) in [7, 11) is 0. The van der Waals surface area contributed by atoms with Crippen LogP contribution in [0.15, 0.2) is 77.3 Å². The number of Topliss-reactive ketones (excluding diaryl/α,β-unsaturated/α-hetero) is 1. The molecular weight excluding hydrogens is 444 g/mol. The quantitative estimate of drug-likeness (QED) is 0.381. The zero-order chi connectivity index (χ0) is 24.4. The molecule has 1 N–H and O–H groups in total. The molecule has 0 aliphatic carbocycles. The number of ketones is 1. The van der Waals surface area contributed by atoms with Crippen molar-refractivity contribution in [3.05, 3.63) is 101 Å². The summed E-state index contributed by atoms with van der Waals surface area (Å²) in [6, 6.07) is 16.4. The minimum Gasteiger partial charge on any atom is -0.306 e. The van der Waals surface area contributed by atoms with E-state index in [-0.39, 0.29) is 16.9 Å². The molecular formula is C27H26N4O2S. The Bertz CT molecular complexity index is 1270. The average molecular weight is 471 g/mol. The van der Waals surface area contributed by atoms with Gasteiger partial charge in [0.05, 0.1) is 16.0 Å². The molecule has 2 heterocycles. The maximum atomic E-state index is 11.7. The van der Waals surface area contributed by atoms with Crippen molar-refractivity contribution in [3.8, 4) is 0 Å². The molecule has 1 amide bonds. The summed E-state index contributed by atoms with van der Waals surface area (Å²) >= 11 is 1.65. The number of benzene rings is 2. The predicted octanol–water partition coefficient (Wildman–Crippen LogP) is 5.48. The minimum atomic E-state index is -0.287. The van der Waals surface area contributed by atoms with Crippen LogP contribution in [0.1, 0.15) is 50.3 Å². The van der Waals surface area contributed by atoms with Crippen molar-refractivity contribution in [2.24, 2.45) is 5.10 Å². The van der Waals surface area contributed by atoms with Gasteiger partial charge in [0.25, 0.3) is 5.91 Å². The van der Waals surface area contributed by atoms with E-state index in [9.17, 15) is 9.59 Å². The van der Waals surface area contributed by atoms with Crippen molar-refractivity contribution in [3.63, 3.8) is 0 Å². The highest BCUT2D eigenvalue weighted by Crippen LogP contribution is 2.43. The van der Waals surface area contributed by atoms with Gasteiger partial charge in [-0.25, -0.2) is 9.99 Å². The number of aryl methyl sites for hydroxylation is 3. The van der Waals surface area contributed by atoms with Crippen LogP contribution < -0.4 is 10.3 Å². The fourth-order valence-corrected chi connectivity index (χ4v) is 5.22. The molecule has 0 saturated carbocycles. The van der Waals surface area contributed by atoms with Crippen LogP contribution in [0.2, 0.25) is 0 Å². The van der Waals surface area contributed by atoms with Crippen LogP contribution in [0.5, 0.6) is 0 Å². The van der Waals surface area contributed by atoms with E-state index in [4.69, 9.17) is 0 Å². The Hall–Kier alpha value is -3.71. The Kier molecular flexibility index (Phi) is 6.65. The molecule has 1 aliphatic rings. The van der Waals surface area contributed by atoms with Gasteiger partial charge in [-0.2, -0.15) is 5.10 Å². The van der Waals surface area contributed by atoms with E-state index in [1.807, 2.05) is 12.1 Å². The number of pyridine rings is 1. The first kappa shape index (κ1) is 23.4. The van der Waals surface area contributed by atoms with Crippen LogP contribution in [-0.4, -0.2) is 22.9 Å². The lowest BCUT2D eigenvalue weighted by Gasteiger charge is -2.27. The molecule has 4 rings (SSSR count). The van der Waals surface area contributed by atoms with Gasteiger partial charge in [0, 0.05) is 11.8 Å². The average Bonchev–Trinajstić information content (AvgIpc) is 2.79. The second kappa shape index (κ2) is 9.65. The molecule has 0 saturated heterocycles. The number of hydrogen-bond donors (Lipinski definition) is 1. The number of amides is 1. The molecule has 1 unspecified atom stereocenters. The molecule has 172 valence electrons. The van der Waals surface area contributed by atoms with E-state index >= 15 is 0 Å². The largest absolute Gasteiger partial charge is 0.306 e. The molecule has 1 aliphatic heterocycles. The molecule has 1 atom stereocenters. The number of hydrogen-bond acceptors (Lipinski definition) is 6. The zero-order valence-electron chi connectivity index (χ0n) is 19.6. The van der Waals surface area contributed by atoms with E-state index in [1.54, 1.807) is 29.9 Å². The number of rotatable bonds is 6. The molecule has 7 heteroatoms. The molecule has 34 heavy (non-hydrogen) atoms. The summed E-state index contributed by atoms with van der Waals surface area (Å²) in [4.78, 5) is 27.8. The van der Waals surface area contributed by atoms with Gasteiger partial charge < -0.3 is 5.32 Å². The number of aromatic nitrogens is 1. The van der Waals surface area contributed by atoms with E-state index in [0.29, 0.717) is 11.4 Å². The van der Waals surface area contributed by atoms with Gasteiger partial charge in [-0.3, -0.25) is 9.59 Å². The predicted molar refractivity (Wildman–Crippen MR) is 137 cm³/mol. The third-order valence-corrected chi connectivity index (χ3v) is 6.89. The molecule has 3 aromatic rings. The molecule has 0 bridgehead atoms. The van der Waals surface area contributed by atoms with Gasteiger partial charge in [0.15, 0.2) is 5.78 Å². The summed E-state index contributed by atoms with van der Waals surface area (Å²) in [5, 5.41) is 9.38. The SMILES string of the molecule is C=C1NC(=O)C=NN1c1cc(C)c(C(Sc2ccc(C(C)=O)cn2)c2ccc(C)cc2)c(C)c1. The van der Waals surface area contributed by atoms with Crippen molar-refractivity contribution < 1.29 is 9.59 Å². The summed E-state index contributed by atoms with van der Waals surface area (Å²) in [6.07, 6.45) is 2.88. The first-order valence-electron chi connectivity index (χ1n) is 10.9. The van der Waals surface area contributed by atoms with Crippen molar-refractivity contribution >= 4 is 35.4 Å². The smallest absolute Gasteiger partial charge is 0.269 e. The van der Waals surface area contributed by atoms with Crippen LogP contribution in [0.3, 0.4) is 0 Å². The molecule has 1 aromatic heterocycles. The van der Waals surface area contributed by atoms with E-state index < -0.39 is 0 Å². The van der Waals surface area contributed by atoms with E-state index in [1.165, 1.54) is 22.9 Å². The van der Waals surface area contributed by atoms with Gasteiger partial charge in [-0.05, 0) is 74.2 Å². The number of nitrogens with one attached hydrogen (secondary N) is 1. The Morgan fingerprint density at radius 3 is 2.29 bits per heavy atom. The molecule has 0 radical (unpaired) electrons. The van der Waals surface area contributed by atoms with E-state index in [2.05, 4.69) is 79.2 Å². The van der Waals surface area contributed by atoms with Crippen molar-refractivity contribution in [2.45, 2.75) is 38.0 Å². The van der Waals surface area contributed by atoms with Crippen molar-refractivity contribution in [1.29, 1.82) is 0 Å². The number of nitrogens with zero attached hydrogens (tertiary/aromatic N) is 3. The summed E-state index contributed by atoms with van der Waals surface area (Å²) in [6.45, 7) is 11.7. The highest BCUT2D eigenvalue weighted by atomic mass is 32.2. The Morgan fingerprint density at radius 2 is 1.74 bits per heavy atom. The second-order valence-electron chi connectivity index (χ2n) is 8.34. The van der Waals surface area contributed by atoms with Crippen LogP contribution in [0.25, 0.3) is 0 Å². The Balaban J connectivity index is 1.75. The van der Waals surface area contributed by atoms with Gasteiger partial charge in [0.2, 0.25) is 0 Å². The third-order valence-electron chi connectivity index (χ3n) is 5.66. The van der Waals surface area contributed by atoms with Crippen molar-refractivity contribution in [2.75, 3.05) is 5.01 Å². The lowest BCUT2D eigenvalue weighted by molar-refractivity contribution is -0.114. The Morgan fingerprint density at radius 1 is 1.06 bits per heavy atom. The molecule has 0 fully saturated rings. The van der Waals surface area contributed by atoms with Crippen LogP contribution in [-0.2, 0) is 4.79 Å². The second-order valence-corrected chi connectivity index (χ2v) is 9.46. The number of carbonyl (C=O) groups is 2. The Labute approximate surface area is 203 Å². The first-order chi connectivity index (χ1) is 16.2. The van der Waals surface area contributed by atoms with Crippen LogP contribution >= 0.6 is 11.8 Å². The number of thioether (sulfide) groups is 1. The lowest BCUT2D eigenvalue weighted by Crippen LogP contribution is -2.37. The highest BCUT2D eigenvalue weighted by molar-refractivity contribution is 7.99. The lowest BCUT2D eigenvalue weighted by atomic mass is 9.94. The van der Waals surface area contributed by atoms with Crippen LogP contribution in [0, 0.1) is 20.8 Å². The summed E-state index contributed by atoms with van der Waals surface area (Å²) in [5.74, 6) is 0.128.